The number of halogens is 1. The molecule has 5 nitrogen and oxygen atoms in total. The standard InChI is InChI=1S/C13H24N2O3.ClH/c1-10(18-9-12-4-3-7-17-12)13(16)15(2)11-5-6-14-8-11;/h10-12,14H,3-9H2,1-2H3;1H. The predicted octanol–water partition coefficient (Wildman–Crippen LogP) is 0.813. The van der Waals surface area contributed by atoms with E-state index in [1.807, 2.05) is 18.9 Å². The Bertz CT molecular complexity index is 279. The summed E-state index contributed by atoms with van der Waals surface area (Å²) in [6.07, 6.45) is 2.98. The van der Waals surface area contributed by atoms with Gasteiger partial charge in [0.2, 0.25) is 0 Å². The van der Waals surface area contributed by atoms with Crippen LogP contribution in [0.2, 0.25) is 0 Å². The van der Waals surface area contributed by atoms with Crippen molar-refractivity contribution in [3.05, 3.63) is 0 Å². The van der Waals surface area contributed by atoms with Crippen LogP contribution in [0.5, 0.6) is 0 Å². The molecule has 1 amide bonds. The molecule has 19 heavy (non-hydrogen) atoms. The summed E-state index contributed by atoms with van der Waals surface area (Å²) in [5, 5.41) is 3.27. The average molecular weight is 293 g/mol. The molecule has 3 unspecified atom stereocenters. The van der Waals surface area contributed by atoms with Crippen LogP contribution in [0.25, 0.3) is 0 Å². The largest absolute Gasteiger partial charge is 0.376 e. The highest BCUT2D eigenvalue weighted by Crippen LogP contribution is 2.14. The second kappa shape index (κ2) is 8.04. The summed E-state index contributed by atoms with van der Waals surface area (Å²) < 4.78 is 11.1. The van der Waals surface area contributed by atoms with Gasteiger partial charge >= 0.3 is 0 Å². The molecule has 0 radical (unpaired) electrons. The Labute approximate surface area is 121 Å². The van der Waals surface area contributed by atoms with E-state index in [9.17, 15) is 4.79 Å². The predicted molar refractivity (Wildman–Crippen MR) is 75.7 cm³/mol. The number of nitrogens with one attached hydrogen (secondary N) is 1. The Hall–Kier alpha value is -0.360. The number of ether oxygens (including phenoxy) is 2. The van der Waals surface area contributed by atoms with Crippen molar-refractivity contribution < 1.29 is 14.3 Å². The Morgan fingerprint density at radius 1 is 1.53 bits per heavy atom. The van der Waals surface area contributed by atoms with Crippen molar-refractivity contribution in [2.24, 2.45) is 0 Å². The van der Waals surface area contributed by atoms with Gasteiger partial charge in [-0.1, -0.05) is 0 Å². The van der Waals surface area contributed by atoms with Gasteiger partial charge in [0.15, 0.2) is 0 Å². The maximum atomic E-state index is 12.2. The maximum absolute atomic E-state index is 12.2. The van der Waals surface area contributed by atoms with Crippen molar-refractivity contribution in [3.8, 4) is 0 Å². The van der Waals surface area contributed by atoms with E-state index >= 15 is 0 Å². The van der Waals surface area contributed by atoms with Crippen molar-refractivity contribution in [1.29, 1.82) is 0 Å². The van der Waals surface area contributed by atoms with Crippen LogP contribution in [-0.2, 0) is 14.3 Å². The number of hydrogen-bond acceptors (Lipinski definition) is 4. The zero-order chi connectivity index (χ0) is 13.0. The van der Waals surface area contributed by atoms with Gasteiger partial charge in [0.05, 0.1) is 12.7 Å². The summed E-state index contributed by atoms with van der Waals surface area (Å²) in [4.78, 5) is 14.0. The van der Waals surface area contributed by atoms with E-state index in [-0.39, 0.29) is 30.5 Å². The molecule has 2 fully saturated rings. The van der Waals surface area contributed by atoms with E-state index in [0.717, 1.165) is 39.0 Å². The van der Waals surface area contributed by atoms with Gasteiger partial charge in [0.1, 0.15) is 6.10 Å². The summed E-state index contributed by atoms with van der Waals surface area (Å²) in [6.45, 7) is 5.07. The third-order valence-electron chi connectivity index (χ3n) is 3.83. The molecule has 0 aromatic heterocycles. The minimum atomic E-state index is -0.375. The molecule has 2 aliphatic heterocycles. The lowest BCUT2D eigenvalue weighted by Crippen LogP contribution is -2.44. The molecule has 0 aromatic carbocycles. The first-order valence-corrected chi connectivity index (χ1v) is 6.89. The van der Waals surface area contributed by atoms with Crippen LogP contribution in [-0.4, -0.2) is 62.4 Å². The lowest BCUT2D eigenvalue weighted by Gasteiger charge is -2.27. The van der Waals surface area contributed by atoms with Crippen molar-refractivity contribution in [1.82, 2.24) is 10.2 Å². The highest BCUT2D eigenvalue weighted by atomic mass is 35.5. The molecule has 1 N–H and O–H groups in total. The van der Waals surface area contributed by atoms with Crippen LogP contribution in [0.3, 0.4) is 0 Å². The van der Waals surface area contributed by atoms with E-state index in [2.05, 4.69) is 5.32 Å². The number of likely N-dealkylation sites (N-methyl/N-ethyl adjacent to an activating group) is 1. The third kappa shape index (κ3) is 4.60. The lowest BCUT2D eigenvalue weighted by atomic mass is 10.2. The number of amides is 1. The number of hydrogen-bond donors (Lipinski definition) is 1. The summed E-state index contributed by atoms with van der Waals surface area (Å²) >= 11 is 0. The van der Waals surface area contributed by atoms with E-state index in [1.165, 1.54) is 0 Å². The first-order valence-electron chi connectivity index (χ1n) is 6.89. The van der Waals surface area contributed by atoms with E-state index in [1.54, 1.807) is 0 Å². The molecule has 0 aliphatic carbocycles. The number of carbonyl (C=O) groups excluding carboxylic acids is 1. The van der Waals surface area contributed by atoms with Crippen molar-refractivity contribution in [2.75, 3.05) is 33.4 Å². The van der Waals surface area contributed by atoms with Gasteiger partial charge in [-0.2, -0.15) is 0 Å². The average Bonchev–Trinajstić information content (AvgIpc) is 3.06. The summed E-state index contributed by atoms with van der Waals surface area (Å²) in [5.41, 5.74) is 0. The quantitative estimate of drug-likeness (QED) is 0.815. The van der Waals surface area contributed by atoms with Crippen LogP contribution < -0.4 is 5.32 Å². The van der Waals surface area contributed by atoms with Crippen LogP contribution in [0.4, 0.5) is 0 Å². The van der Waals surface area contributed by atoms with Crippen LogP contribution >= 0.6 is 12.4 Å². The second-order valence-electron chi connectivity index (χ2n) is 5.21. The van der Waals surface area contributed by atoms with Gasteiger partial charge in [0, 0.05) is 26.2 Å². The minimum absolute atomic E-state index is 0. The Kier molecular flexibility index (Phi) is 7.07. The minimum Gasteiger partial charge on any atom is -0.376 e. The zero-order valence-corrected chi connectivity index (χ0v) is 12.6. The SMILES string of the molecule is CC(OCC1CCCO1)C(=O)N(C)C1CCNC1.Cl. The molecule has 2 saturated heterocycles. The zero-order valence-electron chi connectivity index (χ0n) is 11.8. The molecule has 2 heterocycles. The first kappa shape index (κ1) is 16.7. The van der Waals surface area contributed by atoms with Gasteiger partial charge in [-0.3, -0.25) is 4.79 Å². The Morgan fingerprint density at radius 2 is 2.32 bits per heavy atom. The van der Waals surface area contributed by atoms with Crippen molar-refractivity contribution in [2.45, 2.75) is 44.4 Å². The molecule has 0 bridgehead atoms. The molecule has 0 spiro atoms. The van der Waals surface area contributed by atoms with E-state index < -0.39 is 0 Å². The molecule has 2 aliphatic rings. The van der Waals surface area contributed by atoms with Gasteiger partial charge in [-0.15, -0.1) is 12.4 Å². The van der Waals surface area contributed by atoms with Crippen LogP contribution in [0.15, 0.2) is 0 Å². The Balaban J connectivity index is 0.00000180. The number of nitrogens with zero attached hydrogens (tertiary/aromatic N) is 1. The number of rotatable bonds is 5. The fourth-order valence-corrected chi connectivity index (χ4v) is 2.54. The van der Waals surface area contributed by atoms with Crippen molar-refractivity contribution in [3.63, 3.8) is 0 Å². The lowest BCUT2D eigenvalue weighted by molar-refractivity contribution is -0.145. The summed E-state index contributed by atoms with van der Waals surface area (Å²) in [7, 11) is 1.87. The van der Waals surface area contributed by atoms with Gasteiger partial charge in [-0.25, -0.2) is 0 Å². The van der Waals surface area contributed by atoms with Gasteiger partial charge in [-0.05, 0) is 32.7 Å². The fourth-order valence-electron chi connectivity index (χ4n) is 2.54. The first-order chi connectivity index (χ1) is 8.68. The van der Waals surface area contributed by atoms with Gasteiger partial charge < -0.3 is 19.7 Å². The summed E-state index contributed by atoms with van der Waals surface area (Å²) in [6, 6.07) is 0.311. The fraction of sp³-hybridized carbons (Fsp3) is 0.923. The van der Waals surface area contributed by atoms with E-state index in [0.29, 0.717) is 12.6 Å². The molecule has 112 valence electrons. The molecule has 0 saturated carbocycles. The molecule has 2 rings (SSSR count). The van der Waals surface area contributed by atoms with E-state index in [4.69, 9.17) is 9.47 Å². The maximum Gasteiger partial charge on any atom is 0.251 e. The van der Waals surface area contributed by atoms with Crippen molar-refractivity contribution >= 4 is 18.3 Å². The van der Waals surface area contributed by atoms with Crippen LogP contribution in [0.1, 0.15) is 26.2 Å². The molecule has 3 atom stereocenters. The Morgan fingerprint density at radius 3 is 2.89 bits per heavy atom. The number of carbonyl (C=O) groups is 1. The molecule has 6 heteroatoms. The molecular formula is C13H25ClN2O3. The summed E-state index contributed by atoms with van der Waals surface area (Å²) in [5.74, 6) is 0.0710. The normalized spacial score (nSPS) is 27.9. The highest BCUT2D eigenvalue weighted by Gasteiger charge is 2.27. The van der Waals surface area contributed by atoms with Gasteiger partial charge in [0.25, 0.3) is 5.91 Å². The van der Waals surface area contributed by atoms with Crippen LogP contribution in [0, 0.1) is 0 Å². The second-order valence-corrected chi connectivity index (χ2v) is 5.21. The molecular weight excluding hydrogens is 268 g/mol. The molecule has 0 aromatic rings. The smallest absolute Gasteiger partial charge is 0.251 e. The monoisotopic (exact) mass is 292 g/mol. The topological polar surface area (TPSA) is 50.8 Å². The highest BCUT2D eigenvalue weighted by molar-refractivity contribution is 5.85. The third-order valence-corrected chi connectivity index (χ3v) is 3.83.